The van der Waals surface area contributed by atoms with E-state index in [4.69, 9.17) is 18.8 Å². The molecule has 8 saturated carbocycles. The molecule has 8 aliphatic rings. The van der Waals surface area contributed by atoms with Crippen LogP contribution in [0.1, 0.15) is 77.6 Å². The number of carbonyl (C=O) groups excluding carboxylic acids is 3. The minimum atomic E-state index is -5.98. The Balaban J connectivity index is 0.953. The molecule has 0 heterocycles. The van der Waals surface area contributed by atoms with Gasteiger partial charge in [0.25, 0.3) is 0 Å². The molecule has 242 valence electrons. The summed E-state index contributed by atoms with van der Waals surface area (Å²) < 4.78 is 74.1. The van der Waals surface area contributed by atoms with Crippen LogP contribution in [-0.2, 0) is 38.7 Å². The molecule has 13 heteroatoms. The molecule has 8 rings (SSSR count). The van der Waals surface area contributed by atoms with E-state index in [0.717, 1.165) is 11.8 Å². The van der Waals surface area contributed by atoms with Gasteiger partial charge in [0.05, 0.1) is 12.0 Å². The molecule has 0 aromatic carbocycles. The third-order valence-corrected chi connectivity index (χ3v) is 12.8. The van der Waals surface area contributed by atoms with Crippen LogP contribution in [0, 0.1) is 52.3 Å². The molecule has 0 radical (unpaired) electrons. The summed E-state index contributed by atoms with van der Waals surface area (Å²) >= 11 is 0. The number of ketones is 1. The van der Waals surface area contributed by atoms with Crippen LogP contribution in [0.25, 0.3) is 0 Å². The van der Waals surface area contributed by atoms with Crippen molar-refractivity contribution in [2.24, 2.45) is 52.3 Å². The molecule has 3 atom stereocenters. The van der Waals surface area contributed by atoms with Gasteiger partial charge in [0.1, 0.15) is 25.4 Å². The van der Waals surface area contributed by atoms with Gasteiger partial charge in [-0.2, -0.15) is 17.2 Å². The number of rotatable bonds is 12. The third kappa shape index (κ3) is 5.65. The second-order valence-corrected chi connectivity index (χ2v) is 16.4. The van der Waals surface area contributed by atoms with Gasteiger partial charge < -0.3 is 19.3 Å². The third-order valence-electron chi connectivity index (χ3n) is 12.0. The molecule has 0 aliphatic heterocycles. The summed E-state index contributed by atoms with van der Waals surface area (Å²) in [5.41, 5.74) is -0.885. The van der Waals surface area contributed by atoms with Crippen molar-refractivity contribution in [1.29, 1.82) is 0 Å². The zero-order valence-corrected chi connectivity index (χ0v) is 25.2. The molecular formula is C30H42F2O10S. The minimum Gasteiger partial charge on any atom is -0.462 e. The van der Waals surface area contributed by atoms with E-state index in [0.29, 0.717) is 37.5 Å². The van der Waals surface area contributed by atoms with Gasteiger partial charge in [-0.1, -0.05) is 6.92 Å². The van der Waals surface area contributed by atoms with Crippen molar-refractivity contribution in [2.75, 3.05) is 19.8 Å². The largest absolute Gasteiger partial charge is 0.465 e. The highest BCUT2D eigenvalue weighted by Crippen LogP contribution is 2.64. The van der Waals surface area contributed by atoms with Crippen LogP contribution in [0.5, 0.6) is 0 Å². The predicted octanol–water partition coefficient (Wildman–Crippen LogP) is 3.55. The molecule has 10 nitrogen and oxygen atoms in total. The van der Waals surface area contributed by atoms with Crippen LogP contribution in [0.2, 0.25) is 0 Å². The molecular weight excluding hydrogens is 590 g/mol. The van der Waals surface area contributed by atoms with Gasteiger partial charge in [0.15, 0.2) is 5.78 Å². The fraction of sp³-hybridized carbons (Fsp3) is 0.900. The highest BCUT2D eigenvalue weighted by molar-refractivity contribution is 7.87. The molecule has 2 N–H and O–H groups in total. The van der Waals surface area contributed by atoms with Crippen molar-refractivity contribution >= 4 is 27.8 Å². The Morgan fingerprint density at radius 3 is 2.05 bits per heavy atom. The van der Waals surface area contributed by atoms with Gasteiger partial charge >= 0.3 is 27.3 Å². The number of aliphatic hydroxyl groups is 1. The summed E-state index contributed by atoms with van der Waals surface area (Å²) in [4.78, 5) is 38.0. The number of aliphatic hydroxyl groups excluding tert-OH is 1. The van der Waals surface area contributed by atoms with Crippen LogP contribution >= 0.6 is 0 Å². The summed E-state index contributed by atoms with van der Waals surface area (Å²) in [5, 5.41) is 5.33. The van der Waals surface area contributed by atoms with E-state index in [9.17, 15) is 36.7 Å². The molecule has 0 amide bonds. The van der Waals surface area contributed by atoms with Crippen molar-refractivity contribution in [3.63, 3.8) is 0 Å². The van der Waals surface area contributed by atoms with Gasteiger partial charge in [-0.05, 0) is 111 Å². The zero-order chi connectivity index (χ0) is 30.9. The van der Waals surface area contributed by atoms with Crippen molar-refractivity contribution in [2.45, 2.75) is 95.0 Å². The quantitative estimate of drug-likeness (QED) is 0.241. The Hall–Kier alpha value is -1.70. The van der Waals surface area contributed by atoms with E-state index in [-0.39, 0.29) is 49.8 Å². The van der Waals surface area contributed by atoms with Gasteiger partial charge in [0, 0.05) is 6.42 Å². The van der Waals surface area contributed by atoms with Crippen molar-refractivity contribution < 1.29 is 55.5 Å². The SMILES string of the molecule is CC1(CC(=O)COCC(O)COC(=O)C23CC4CC(C2)C(OC(=O)C(F)(F)S(=O)(=O)O)C(C4)C3)C2CC3CC(C2)CC1C3. The maximum absolute atomic E-state index is 13.8. The predicted molar refractivity (Wildman–Crippen MR) is 145 cm³/mol. The second kappa shape index (κ2) is 11.0. The van der Waals surface area contributed by atoms with Crippen molar-refractivity contribution in [1.82, 2.24) is 0 Å². The number of hydrogen-bond acceptors (Lipinski definition) is 9. The number of carbonyl (C=O) groups is 3. The lowest BCUT2D eigenvalue weighted by molar-refractivity contribution is -0.204. The molecule has 0 aromatic rings. The maximum atomic E-state index is 13.8. The van der Waals surface area contributed by atoms with E-state index in [1.165, 1.54) is 32.1 Å². The molecule has 0 spiro atoms. The molecule has 0 saturated heterocycles. The van der Waals surface area contributed by atoms with Gasteiger partial charge in [-0.25, -0.2) is 4.79 Å². The van der Waals surface area contributed by atoms with E-state index in [1.807, 2.05) is 0 Å². The molecule has 8 bridgehead atoms. The van der Waals surface area contributed by atoms with E-state index >= 15 is 0 Å². The summed E-state index contributed by atoms with van der Waals surface area (Å²) in [7, 11) is -5.98. The monoisotopic (exact) mass is 632 g/mol. The van der Waals surface area contributed by atoms with Crippen LogP contribution in [-0.4, -0.2) is 73.1 Å². The van der Waals surface area contributed by atoms with Gasteiger partial charge in [0.2, 0.25) is 0 Å². The summed E-state index contributed by atoms with van der Waals surface area (Å²) in [5.74, 6) is -0.750. The smallest absolute Gasteiger partial charge is 0.462 e. The average Bonchev–Trinajstić information content (AvgIpc) is 2.91. The average molecular weight is 633 g/mol. The van der Waals surface area contributed by atoms with Gasteiger partial charge in [-0.15, -0.1) is 0 Å². The summed E-state index contributed by atoms with van der Waals surface area (Å²) in [6.07, 6.45) is 6.66. The van der Waals surface area contributed by atoms with Crippen LogP contribution < -0.4 is 0 Å². The van der Waals surface area contributed by atoms with E-state index < -0.39 is 56.8 Å². The Bertz CT molecular complexity index is 1210. The lowest BCUT2D eigenvalue weighted by Crippen LogP contribution is -2.58. The molecule has 8 fully saturated rings. The van der Waals surface area contributed by atoms with Gasteiger partial charge in [-0.3, -0.25) is 14.1 Å². The Labute approximate surface area is 250 Å². The Kier molecular flexibility index (Phi) is 7.99. The van der Waals surface area contributed by atoms with Crippen molar-refractivity contribution in [3.8, 4) is 0 Å². The number of Topliss-reactive ketones (excluding diaryl/α,β-unsaturated/α-hetero) is 1. The lowest BCUT2D eigenvalue weighted by Gasteiger charge is -2.60. The number of alkyl halides is 2. The van der Waals surface area contributed by atoms with Crippen LogP contribution in [0.15, 0.2) is 0 Å². The first-order valence-corrected chi connectivity index (χ1v) is 17.0. The first-order chi connectivity index (χ1) is 20.1. The highest BCUT2D eigenvalue weighted by atomic mass is 32.2. The normalized spacial score (nSPS) is 41.7. The fourth-order valence-corrected chi connectivity index (χ4v) is 10.7. The molecule has 3 unspecified atom stereocenters. The second-order valence-electron chi connectivity index (χ2n) is 14.9. The number of ether oxygens (including phenoxy) is 3. The Morgan fingerprint density at radius 1 is 0.907 bits per heavy atom. The maximum Gasteiger partial charge on any atom is 0.465 e. The lowest BCUT2D eigenvalue weighted by atomic mass is 9.45. The minimum absolute atomic E-state index is 0.0224. The van der Waals surface area contributed by atoms with E-state index in [1.54, 1.807) is 0 Å². The zero-order valence-electron chi connectivity index (χ0n) is 24.4. The van der Waals surface area contributed by atoms with Crippen LogP contribution in [0.4, 0.5) is 8.78 Å². The molecule has 43 heavy (non-hydrogen) atoms. The Morgan fingerprint density at radius 2 is 1.49 bits per heavy atom. The topological polar surface area (TPSA) is 154 Å². The van der Waals surface area contributed by atoms with Crippen LogP contribution in [0.3, 0.4) is 0 Å². The first kappa shape index (κ1) is 31.3. The number of hydrogen-bond donors (Lipinski definition) is 2. The number of halogens is 2. The molecule has 0 aromatic heterocycles. The summed E-state index contributed by atoms with van der Waals surface area (Å²) in [6.45, 7) is 1.68. The standard InChI is InChI=1S/C30H42F2O10S/c1-28(21-5-16-2-17(7-21)8-22(28)6-16)12-23(33)13-40-14-24(34)15-41-26(35)29-9-18-3-19(10-29)25(20(4-18)11-29)42-27(36)30(31,32)43(37,38)39/h16-22,24-25,34H,2-15H2,1H3,(H,37,38,39). The molecule has 8 aliphatic carbocycles. The van der Waals surface area contributed by atoms with Crippen molar-refractivity contribution in [3.05, 3.63) is 0 Å². The number of esters is 2. The van der Waals surface area contributed by atoms with E-state index in [2.05, 4.69) is 6.92 Å². The first-order valence-electron chi connectivity index (χ1n) is 15.6. The highest BCUT2D eigenvalue weighted by Gasteiger charge is 2.62. The summed E-state index contributed by atoms with van der Waals surface area (Å²) in [6, 6.07) is 0. The fourth-order valence-electron chi connectivity index (χ4n) is 10.4.